The van der Waals surface area contributed by atoms with E-state index in [1.807, 2.05) is 20.1 Å². The van der Waals surface area contributed by atoms with Gasteiger partial charge in [0.1, 0.15) is 5.70 Å². The first kappa shape index (κ1) is 29.0. The Morgan fingerprint density at radius 3 is 2.59 bits per heavy atom. The van der Waals surface area contributed by atoms with Gasteiger partial charge in [-0.3, -0.25) is 15.0 Å². The van der Waals surface area contributed by atoms with Crippen molar-refractivity contribution in [1.29, 1.82) is 0 Å². The van der Waals surface area contributed by atoms with Gasteiger partial charge in [0.15, 0.2) is 5.84 Å². The number of amidine groups is 1. The standard InChI is InChI=1S/C28H41F3N6/c1-6-21(11-18(3)28(29,30)31)25(33-5)26-27(37-19(4)14-35-26)36-15-20-9-17(2)10-22(12-20)23(13-32)16-34-24-7-8-24/h13-14,16-18,20-22,24H,5-12,15,32H2,1-4H3/b23-13+,26-25+,34-16?,36-27?. The van der Waals surface area contributed by atoms with Crippen molar-refractivity contribution >= 4 is 30.7 Å². The molecular weight excluding hydrogens is 477 g/mol. The molecule has 0 amide bonds. The van der Waals surface area contributed by atoms with E-state index in [9.17, 15) is 13.2 Å². The SMILES string of the molecule is C=N/C(=C1/N=CC(C)=NC1=NCC1CC(C)CC(/C(C=NC2CC2)=C/N)C1)C(CC)CC(C)C(F)(F)F. The van der Waals surface area contributed by atoms with Crippen LogP contribution in [0.5, 0.6) is 0 Å². The van der Waals surface area contributed by atoms with Gasteiger partial charge in [-0.1, -0.05) is 20.8 Å². The molecule has 5 atom stereocenters. The van der Waals surface area contributed by atoms with Gasteiger partial charge in [-0.2, -0.15) is 13.2 Å². The number of aliphatic imine (C=N–C) groups is 5. The summed E-state index contributed by atoms with van der Waals surface area (Å²) >= 11 is 0. The van der Waals surface area contributed by atoms with E-state index in [0.29, 0.717) is 59.7 Å². The van der Waals surface area contributed by atoms with Crippen LogP contribution in [0.3, 0.4) is 0 Å². The molecule has 37 heavy (non-hydrogen) atoms. The number of hydrogen-bond acceptors (Lipinski definition) is 5. The number of alkyl halides is 3. The van der Waals surface area contributed by atoms with Crippen molar-refractivity contribution < 1.29 is 13.2 Å². The molecule has 5 unspecified atom stereocenters. The third-order valence-electron chi connectivity index (χ3n) is 7.55. The van der Waals surface area contributed by atoms with Gasteiger partial charge in [-0.15, -0.1) is 0 Å². The minimum absolute atomic E-state index is 0.0816. The lowest BCUT2D eigenvalue weighted by Gasteiger charge is -2.33. The highest BCUT2D eigenvalue weighted by atomic mass is 19.4. The summed E-state index contributed by atoms with van der Waals surface area (Å²) in [6, 6.07) is 0.454. The zero-order chi connectivity index (χ0) is 27.2. The maximum Gasteiger partial charge on any atom is 0.391 e. The maximum atomic E-state index is 13.3. The Kier molecular flexibility index (Phi) is 10.0. The summed E-state index contributed by atoms with van der Waals surface area (Å²) in [7, 11) is 0. The fourth-order valence-corrected chi connectivity index (χ4v) is 5.27. The van der Waals surface area contributed by atoms with Crippen LogP contribution in [0.25, 0.3) is 0 Å². The zero-order valence-electron chi connectivity index (χ0n) is 22.5. The number of rotatable bonds is 10. The van der Waals surface area contributed by atoms with Crippen molar-refractivity contribution in [3.8, 4) is 0 Å². The van der Waals surface area contributed by atoms with Gasteiger partial charge in [0.25, 0.3) is 0 Å². The molecular formula is C28H41F3N6. The van der Waals surface area contributed by atoms with Crippen LogP contribution in [0.2, 0.25) is 0 Å². The summed E-state index contributed by atoms with van der Waals surface area (Å²) in [5, 5.41) is 0. The molecule has 1 heterocycles. The number of nitrogens with zero attached hydrogens (tertiary/aromatic N) is 5. The normalized spacial score (nSPS) is 29.4. The molecule has 0 spiro atoms. The van der Waals surface area contributed by atoms with Crippen LogP contribution in [-0.4, -0.2) is 49.5 Å². The number of allylic oxidation sites excluding steroid dienone is 2. The van der Waals surface area contributed by atoms with E-state index in [1.54, 1.807) is 12.4 Å². The van der Waals surface area contributed by atoms with E-state index in [-0.39, 0.29) is 6.42 Å². The largest absolute Gasteiger partial charge is 0.404 e. The Morgan fingerprint density at radius 2 is 2.00 bits per heavy atom. The highest BCUT2D eigenvalue weighted by Gasteiger charge is 2.38. The number of nitrogens with two attached hydrogens (primary N) is 1. The van der Waals surface area contributed by atoms with Crippen LogP contribution in [0.1, 0.15) is 72.6 Å². The molecule has 0 saturated heterocycles. The molecule has 0 aromatic rings. The smallest absolute Gasteiger partial charge is 0.391 e. The summed E-state index contributed by atoms with van der Waals surface area (Å²) in [6.07, 6.45) is 6.79. The quantitative estimate of drug-likeness (QED) is 0.325. The van der Waals surface area contributed by atoms with Crippen molar-refractivity contribution in [1.82, 2.24) is 0 Å². The minimum Gasteiger partial charge on any atom is -0.404 e. The van der Waals surface area contributed by atoms with Crippen molar-refractivity contribution in [2.75, 3.05) is 6.54 Å². The third kappa shape index (κ3) is 8.20. The molecule has 3 rings (SSSR count). The number of halogens is 3. The zero-order valence-corrected chi connectivity index (χ0v) is 22.5. The third-order valence-corrected chi connectivity index (χ3v) is 7.55. The second-order valence-electron chi connectivity index (χ2n) is 10.9. The van der Waals surface area contributed by atoms with E-state index in [1.165, 1.54) is 6.92 Å². The average molecular weight is 519 g/mol. The summed E-state index contributed by atoms with van der Waals surface area (Å²) in [5.74, 6) is -0.272. The lowest BCUT2D eigenvalue weighted by atomic mass is 9.73. The van der Waals surface area contributed by atoms with E-state index in [4.69, 9.17) is 10.7 Å². The Balaban J connectivity index is 1.82. The van der Waals surface area contributed by atoms with Gasteiger partial charge in [0.2, 0.25) is 0 Å². The van der Waals surface area contributed by atoms with E-state index < -0.39 is 18.0 Å². The van der Waals surface area contributed by atoms with E-state index in [0.717, 1.165) is 37.7 Å². The Bertz CT molecular complexity index is 1000. The van der Waals surface area contributed by atoms with Crippen LogP contribution in [-0.2, 0) is 0 Å². The first-order valence-corrected chi connectivity index (χ1v) is 13.4. The summed E-state index contributed by atoms with van der Waals surface area (Å²) in [6.45, 7) is 11.4. The maximum absolute atomic E-state index is 13.3. The molecule has 2 saturated carbocycles. The Labute approximate surface area is 219 Å². The molecule has 2 fully saturated rings. The lowest BCUT2D eigenvalue weighted by Crippen LogP contribution is -2.26. The van der Waals surface area contributed by atoms with Crippen LogP contribution >= 0.6 is 0 Å². The molecule has 204 valence electrons. The van der Waals surface area contributed by atoms with Crippen molar-refractivity contribution in [2.24, 2.45) is 60.3 Å². The monoisotopic (exact) mass is 518 g/mol. The van der Waals surface area contributed by atoms with Crippen LogP contribution < -0.4 is 5.73 Å². The van der Waals surface area contributed by atoms with Gasteiger partial charge in [-0.25, -0.2) is 9.98 Å². The average Bonchev–Trinajstić information content (AvgIpc) is 3.67. The van der Waals surface area contributed by atoms with E-state index in [2.05, 4.69) is 33.6 Å². The first-order chi connectivity index (χ1) is 17.5. The predicted molar refractivity (Wildman–Crippen MR) is 148 cm³/mol. The molecule has 0 aromatic carbocycles. The van der Waals surface area contributed by atoms with Crippen LogP contribution in [0, 0.1) is 29.6 Å². The second kappa shape index (κ2) is 12.8. The molecule has 2 N–H and O–H groups in total. The Hall–Kier alpha value is -2.58. The van der Waals surface area contributed by atoms with Gasteiger partial charge in [0.05, 0.1) is 23.4 Å². The van der Waals surface area contributed by atoms with Gasteiger partial charge < -0.3 is 5.73 Å². The molecule has 3 aliphatic rings. The highest BCUT2D eigenvalue weighted by Crippen LogP contribution is 2.38. The van der Waals surface area contributed by atoms with Crippen molar-refractivity contribution in [2.45, 2.75) is 84.9 Å². The van der Waals surface area contributed by atoms with Crippen LogP contribution in [0.15, 0.2) is 48.1 Å². The summed E-state index contributed by atoms with van der Waals surface area (Å²) < 4.78 is 39.9. The van der Waals surface area contributed by atoms with Gasteiger partial charge in [0, 0.05) is 24.9 Å². The molecule has 1 aliphatic heterocycles. The fourth-order valence-electron chi connectivity index (χ4n) is 5.27. The minimum atomic E-state index is -4.26. The molecule has 9 heteroatoms. The first-order valence-electron chi connectivity index (χ1n) is 13.4. The second-order valence-corrected chi connectivity index (χ2v) is 10.9. The molecule has 0 bridgehead atoms. The fraction of sp³-hybridized carbons (Fsp3) is 0.679. The number of hydrogen-bond donors (Lipinski definition) is 1. The van der Waals surface area contributed by atoms with Crippen molar-refractivity contribution in [3.05, 3.63) is 23.2 Å². The van der Waals surface area contributed by atoms with Crippen LogP contribution in [0.4, 0.5) is 13.2 Å². The molecule has 2 aliphatic carbocycles. The van der Waals surface area contributed by atoms with E-state index >= 15 is 0 Å². The summed E-state index contributed by atoms with van der Waals surface area (Å²) in [5.41, 5.74) is 8.63. The topological polar surface area (TPSA) is 87.8 Å². The molecule has 0 radical (unpaired) electrons. The van der Waals surface area contributed by atoms with Crippen molar-refractivity contribution in [3.63, 3.8) is 0 Å². The predicted octanol–water partition coefficient (Wildman–Crippen LogP) is 6.59. The highest BCUT2D eigenvalue weighted by molar-refractivity contribution is 6.35. The molecule has 0 aromatic heterocycles. The Morgan fingerprint density at radius 1 is 1.27 bits per heavy atom. The lowest BCUT2D eigenvalue weighted by molar-refractivity contribution is -0.173. The van der Waals surface area contributed by atoms with Gasteiger partial charge in [-0.05, 0) is 88.1 Å². The molecule has 6 nitrogen and oxygen atoms in total. The summed E-state index contributed by atoms with van der Waals surface area (Å²) in [4.78, 5) is 22.8. The van der Waals surface area contributed by atoms with Gasteiger partial charge >= 0.3 is 6.18 Å².